The predicted molar refractivity (Wildman–Crippen MR) is 86.9 cm³/mol. The van der Waals surface area contributed by atoms with E-state index in [-0.39, 0.29) is 4.90 Å². The van der Waals surface area contributed by atoms with Gasteiger partial charge in [0.1, 0.15) is 0 Å². The molecule has 0 bridgehead atoms. The van der Waals surface area contributed by atoms with Gasteiger partial charge in [-0.3, -0.25) is 0 Å². The first-order valence-electron chi connectivity index (χ1n) is 6.75. The molecule has 3 aromatic rings. The molecule has 1 heterocycles. The molecule has 3 rings (SSSR count). The maximum atomic E-state index is 11.5. The molecule has 0 radical (unpaired) electrons. The van der Waals surface area contributed by atoms with Crippen LogP contribution in [0.1, 0.15) is 5.56 Å². The molecule has 0 saturated carbocycles. The quantitative estimate of drug-likeness (QED) is 0.723. The van der Waals surface area contributed by atoms with Crippen LogP contribution in [-0.4, -0.2) is 34.9 Å². The largest absolute Gasteiger partial charge is 0.224 e. The van der Waals surface area contributed by atoms with Gasteiger partial charge in [0.25, 0.3) is 0 Å². The van der Waals surface area contributed by atoms with E-state index < -0.39 is 9.84 Å². The minimum absolute atomic E-state index is 0.254. The number of sulfone groups is 1. The minimum Gasteiger partial charge on any atom is -0.224 e. The highest BCUT2D eigenvalue weighted by Crippen LogP contribution is 2.18. The molecule has 0 amide bonds. The summed E-state index contributed by atoms with van der Waals surface area (Å²) in [5.41, 5.74) is 1.59. The molecule has 8 heteroatoms. The van der Waals surface area contributed by atoms with Gasteiger partial charge in [-0.25, -0.2) is 8.42 Å². The Kier molecular flexibility index (Phi) is 4.14. The normalized spacial score (nSPS) is 11.6. The van der Waals surface area contributed by atoms with E-state index in [1.807, 2.05) is 18.2 Å². The Labute approximate surface area is 138 Å². The van der Waals surface area contributed by atoms with Crippen LogP contribution in [0.4, 0.5) is 0 Å². The van der Waals surface area contributed by atoms with E-state index in [1.165, 1.54) is 23.2 Å². The molecule has 0 spiro atoms. The number of rotatable bonds is 4. The summed E-state index contributed by atoms with van der Waals surface area (Å²) in [4.78, 5) is 1.70. The molecule has 0 aliphatic rings. The summed E-state index contributed by atoms with van der Waals surface area (Å²) in [7, 11) is -3.22. The van der Waals surface area contributed by atoms with Crippen LogP contribution in [0.2, 0.25) is 5.02 Å². The molecule has 0 fully saturated rings. The third kappa shape index (κ3) is 3.57. The third-order valence-corrected chi connectivity index (χ3v) is 4.76. The molecule has 0 saturated heterocycles. The first kappa shape index (κ1) is 15.6. The van der Waals surface area contributed by atoms with Crippen molar-refractivity contribution >= 4 is 21.4 Å². The number of nitrogens with zero attached hydrogens (tertiary/aromatic N) is 4. The zero-order valence-corrected chi connectivity index (χ0v) is 13.8. The van der Waals surface area contributed by atoms with Crippen molar-refractivity contribution < 1.29 is 8.42 Å². The molecule has 0 N–H and O–H groups in total. The van der Waals surface area contributed by atoms with E-state index in [2.05, 4.69) is 15.4 Å². The summed E-state index contributed by atoms with van der Waals surface area (Å²) < 4.78 is 22.9. The number of hydrogen-bond donors (Lipinski definition) is 0. The summed E-state index contributed by atoms with van der Waals surface area (Å²) in [6, 6.07) is 13.8. The molecule has 2 aromatic carbocycles. The van der Waals surface area contributed by atoms with Crippen LogP contribution in [-0.2, 0) is 16.4 Å². The molecule has 6 nitrogen and oxygen atoms in total. The van der Waals surface area contributed by atoms with E-state index in [4.69, 9.17) is 11.6 Å². The monoisotopic (exact) mass is 348 g/mol. The number of hydrogen-bond acceptors (Lipinski definition) is 5. The molecule has 1 aromatic heterocycles. The second-order valence-electron chi connectivity index (χ2n) is 5.03. The smallest absolute Gasteiger partial charge is 0.204 e. The molecule has 23 heavy (non-hydrogen) atoms. The first-order valence-corrected chi connectivity index (χ1v) is 9.02. The van der Waals surface area contributed by atoms with Gasteiger partial charge >= 0.3 is 0 Å². The third-order valence-electron chi connectivity index (χ3n) is 3.26. The lowest BCUT2D eigenvalue weighted by Gasteiger charge is -2.01. The topological polar surface area (TPSA) is 77.7 Å². The second-order valence-corrected chi connectivity index (χ2v) is 7.45. The fourth-order valence-electron chi connectivity index (χ4n) is 2.06. The highest BCUT2D eigenvalue weighted by atomic mass is 35.5. The lowest BCUT2D eigenvalue weighted by atomic mass is 10.2. The zero-order valence-electron chi connectivity index (χ0n) is 12.2. The summed E-state index contributed by atoms with van der Waals surface area (Å²) in [6.07, 6.45) is 1.17. The molecule has 0 atom stereocenters. The fourth-order valence-corrected chi connectivity index (χ4v) is 2.88. The standard InChI is InChI=1S/C15H13ClN4O2S/c1-23(21,22)13-8-6-11(7-9-13)15-17-19-20(18-15)10-12-4-2-3-5-14(12)16/h2-9H,10H2,1H3. The van der Waals surface area contributed by atoms with Gasteiger partial charge in [-0.2, -0.15) is 4.80 Å². The van der Waals surface area contributed by atoms with Gasteiger partial charge in [-0.05, 0) is 41.1 Å². The zero-order chi connectivity index (χ0) is 16.4. The van der Waals surface area contributed by atoms with Crippen molar-refractivity contribution in [3.05, 3.63) is 59.1 Å². The average Bonchev–Trinajstić information content (AvgIpc) is 2.97. The predicted octanol–water partition coefficient (Wildman–Crippen LogP) is 2.45. The number of aromatic nitrogens is 4. The number of halogens is 1. The SMILES string of the molecule is CS(=O)(=O)c1ccc(-c2nnn(Cc3ccccc3Cl)n2)cc1. The van der Waals surface area contributed by atoms with E-state index in [0.29, 0.717) is 23.0 Å². The van der Waals surface area contributed by atoms with Gasteiger partial charge in [-0.15, -0.1) is 10.2 Å². The van der Waals surface area contributed by atoms with Crippen LogP contribution in [0, 0.1) is 0 Å². The summed E-state index contributed by atoms with van der Waals surface area (Å²) in [6.45, 7) is 0.411. The second kappa shape index (κ2) is 6.10. The van der Waals surface area contributed by atoms with E-state index >= 15 is 0 Å². The maximum Gasteiger partial charge on any atom is 0.204 e. The molecule has 0 unspecified atom stereocenters. The maximum absolute atomic E-state index is 11.5. The van der Waals surface area contributed by atoms with Crippen LogP contribution in [0.25, 0.3) is 11.4 Å². The average molecular weight is 349 g/mol. The molecular weight excluding hydrogens is 336 g/mol. The fraction of sp³-hybridized carbons (Fsp3) is 0.133. The van der Waals surface area contributed by atoms with Gasteiger partial charge in [0.2, 0.25) is 5.82 Å². The van der Waals surface area contributed by atoms with Gasteiger partial charge in [0.15, 0.2) is 9.84 Å². The number of tetrazole rings is 1. The lowest BCUT2D eigenvalue weighted by Crippen LogP contribution is -2.04. The van der Waals surface area contributed by atoms with Crippen molar-refractivity contribution in [2.45, 2.75) is 11.4 Å². The summed E-state index contributed by atoms with van der Waals surface area (Å²) in [5, 5.41) is 12.9. The van der Waals surface area contributed by atoms with Crippen molar-refractivity contribution in [3.8, 4) is 11.4 Å². The van der Waals surface area contributed by atoms with Crippen LogP contribution in [0.5, 0.6) is 0 Å². The molecular formula is C15H13ClN4O2S. The van der Waals surface area contributed by atoms with Crippen LogP contribution >= 0.6 is 11.6 Å². The van der Waals surface area contributed by atoms with Gasteiger partial charge in [-0.1, -0.05) is 29.8 Å². The number of benzene rings is 2. The highest BCUT2D eigenvalue weighted by Gasteiger charge is 2.10. The van der Waals surface area contributed by atoms with Gasteiger partial charge in [0, 0.05) is 16.8 Å². The highest BCUT2D eigenvalue weighted by molar-refractivity contribution is 7.90. The Hall–Kier alpha value is -2.25. The molecule has 0 aliphatic heterocycles. The Morgan fingerprint density at radius 1 is 1.09 bits per heavy atom. The van der Waals surface area contributed by atoms with Crippen LogP contribution in [0.3, 0.4) is 0 Å². The van der Waals surface area contributed by atoms with E-state index in [9.17, 15) is 8.42 Å². The Morgan fingerprint density at radius 2 is 1.78 bits per heavy atom. The Morgan fingerprint density at radius 3 is 2.43 bits per heavy atom. The minimum atomic E-state index is -3.22. The first-order chi connectivity index (χ1) is 10.9. The van der Waals surface area contributed by atoms with Crippen molar-refractivity contribution in [2.75, 3.05) is 6.26 Å². The summed E-state index contributed by atoms with van der Waals surface area (Å²) >= 11 is 6.11. The Bertz CT molecular complexity index is 936. The van der Waals surface area contributed by atoms with Crippen molar-refractivity contribution in [1.82, 2.24) is 20.2 Å². The molecule has 0 aliphatic carbocycles. The van der Waals surface area contributed by atoms with E-state index in [0.717, 1.165) is 5.56 Å². The van der Waals surface area contributed by atoms with Gasteiger partial charge in [0.05, 0.1) is 11.4 Å². The Balaban J connectivity index is 1.83. The summed E-state index contributed by atoms with van der Waals surface area (Å²) in [5.74, 6) is 0.428. The van der Waals surface area contributed by atoms with Crippen molar-refractivity contribution in [2.24, 2.45) is 0 Å². The molecule has 118 valence electrons. The van der Waals surface area contributed by atoms with Crippen LogP contribution < -0.4 is 0 Å². The van der Waals surface area contributed by atoms with Gasteiger partial charge < -0.3 is 0 Å². The van der Waals surface area contributed by atoms with E-state index in [1.54, 1.807) is 18.2 Å². The van der Waals surface area contributed by atoms with Crippen LogP contribution in [0.15, 0.2) is 53.4 Å². The lowest BCUT2D eigenvalue weighted by molar-refractivity contribution is 0.573. The van der Waals surface area contributed by atoms with Crippen molar-refractivity contribution in [3.63, 3.8) is 0 Å². The van der Waals surface area contributed by atoms with Crippen molar-refractivity contribution in [1.29, 1.82) is 0 Å².